The SMILES string of the molecule is CCO.CCO.CCO.CCO.C[N-]CCN(C)C.[Ta+2]. The zero-order valence-corrected chi connectivity index (χ0v) is 17.6. The van der Waals surface area contributed by atoms with Crippen molar-refractivity contribution in [2.75, 3.05) is 60.7 Å². The van der Waals surface area contributed by atoms with Gasteiger partial charge in [0.1, 0.15) is 0 Å². The second kappa shape index (κ2) is 60.5. The van der Waals surface area contributed by atoms with E-state index in [9.17, 15) is 0 Å². The summed E-state index contributed by atoms with van der Waals surface area (Å²) in [4.78, 5) is 2.12. The van der Waals surface area contributed by atoms with Crippen molar-refractivity contribution >= 4 is 0 Å². The molecule has 0 aliphatic heterocycles. The molecule has 0 spiro atoms. The Morgan fingerprint density at radius 3 is 1.00 bits per heavy atom. The molecule has 0 aliphatic carbocycles. The molecule has 0 unspecified atom stereocenters. The molecular weight excluding hydrogens is 429 g/mol. The summed E-state index contributed by atoms with van der Waals surface area (Å²) in [6.45, 7) is 9.74. The maximum absolute atomic E-state index is 7.57. The zero-order chi connectivity index (χ0) is 16.5. The minimum atomic E-state index is 0. The molecule has 0 aliphatic rings. The third-order valence-corrected chi connectivity index (χ3v) is 0.771. The second-order valence-corrected chi connectivity index (χ2v) is 3.11. The van der Waals surface area contributed by atoms with E-state index in [1.54, 1.807) is 27.7 Å². The third kappa shape index (κ3) is 280. The van der Waals surface area contributed by atoms with Gasteiger partial charge >= 0.3 is 22.4 Å². The van der Waals surface area contributed by atoms with Crippen molar-refractivity contribution in [1.29, 1.82) is 0 Å². The molecule has 0 saturated carbocycles. The Bertz CT molecular complexity index is 84.8. The Balaban J connectivity index is -0.0000000326. The van der Waals surface area contributed by atoms with Gasteiger partial charge in [0.05, 0.1) is 0 Å². The quantitative estimate of drug-likeness (QED) is 0.487. The van der Waals surface area contributed by atoms with Crippen LogP contribution in [0.3, 0.4) is 0 Å². The summed E-state index contributed by atoms with van der Waals surface area (Å²) in [6, 6.07) is 0. The fourth-order valence-corrected chi connectivity index (χ4v) is 0.300. The Morgan fingerprint density at radius 1 is 0.750 bits per heavy atom. The predicted molar refractivity (Wildman–Crippen MR) is 83.7 cm³/mol. The average Bonchev–Trinajstić information content (AvgIpc) is 2.30. The van der Waals surface area contributed by atoms with Crippen LogP contribution in [0.5, 0.6) is 0 Å². The third-order valence-electron chi connectivity index (χ3n) is 0.771. The van der Waals surface area contributed by atoms with Crippen LogP contribution in [0.1, 0.15) is 27.7 Å². The summed E-state index contributed by atoms with van der Waals surface area (Å²) >= 11 is 0. The zero-order valence-electron chi connectivity index (χ0n) is 14.4. The molecule has 20 heavy (non-hydrogen) atoms. The molecule has 0 atom stereocenters. The molecule has 0 amide bonds. The van der Waals surface area contributed by atoms with Gasteiger partial charge in [0.2, 0.25) is 0 Å². The van der Waals surface area contributed by atoms with Gasteiger partial charge in [-0.25, -0.2) is 0 Å². The first-order valence-corrected chi connectivity index (χ1v) is 6.57. The van der Waals surface area contributed by atoms with Crippen molar-refractivity contribution in [1.82, 2.24) is 4.90 Å². The average molecular weight is 466 g/mol. The van der Waals surface area contributed by atoms with Crippen molar-refractivity contribution < 1.29 is 42.8 Å². The molecule has 4 N–H and O–H groups in total. The molecule has 0 saturated heterocycles. The van der Waals surface area contributed by atoms with Gasteiger partial charge in [-0.3, -0.25) is 0 Å². The maximum Gasteiger partial charge on any atom is 2.00 e. The summed E-state index contributed by atoms with van der Waals surface area (Å²) in [6.07, 6.45) is 0. The van der Waals surface area contributed by atoms with E-state index in [-0.39, 0.29) is 48.8 Å². The first kappa shape index (κ1) is 37.1. The monoisotopic (exact) mass is 466 g/mol. The van der Waals surface area contributed by atoms with Crippen LogP contribution in [0.15, 0.2) is 0 Å². The van der Waals surface area contributed by atoms with Crippen LogP contribution in [-0.4, -0.2) is 86.0 Å². The van der Waals surface area contributed by atoms with E-state index in [1.807, 2.05) is 21.1 Å². The first-order valence-electron chi connectivity index (χ1n) is 6.57. The van der Waals surface area contributed by atoms with Crippen molar-refractivity contribution in [3.05, 3.63) is 5.32 Å². The molecule has 0 heterocycles. The minimum Gasteiger partial charge on any atom is -0.664 e. The number of aliphatic hydroxyl groups excluding tert-OH is 4. The summed E-state index contributed by atoms with van der Waals surface area (Å²) in [5, 5.41) is 34.2. The molecule has 0 aromatic carbocycles. The fraction of sp³-hybridized carbons (Fsp3) is 1.00. The van der Waals surface area contributed by atoms with Crippen molar-refractivity contribution in [2.24, 2.45) is 0 Å². The van der Waals surface area contributed by atoms with Gasteiger partial charge in [-0.2, -0.15) is 7.05 Å². The number of hydrogen-bond donors (Lipinski definition) is 4. The van der Waals surface area contributed by atoms with Crippen molar-refractivity contribution in [2.45, 2.75) is 27.7 Å². The number of aliphatic hydroxyl groups is 4. The summed E-state index contributed by atoms with van der Waals surface area (Å²) in [5.74, 6) is 0. The molecule has 1 radical (unpaired) electrons. The molecule has 0 rings (SSSR count). The Hall–Kier alpha value is 0.500. The predicted octanol–water partition coefficient (Wildman–Crippen LogP) is 0.543. The van der Waals surface area contributed by atoms with Gasteiger partial charge in [0.15, 0.2) is 0 Å². The van der Waals surface area contributed by atoms with Gasteiger partial charge in [-0.1, -0.05) is 0 Å². The van der Waals surface area contributed by atoms with E-state index in [0.29, 0.717) is 0 Å². The maximum atomic E-state index is 7.57. The molecule has 0 bridgehead atoms. The number of likely N-dealkylation sites (N-methyl/N-ethyl adjacent to an activating group) is 2. The smallest absolute Gasteiger partial charge is 0.664 e. The second-order valence-electron chi connectivity index (χ2n) is 3.11. The number of hydrogen-bond acceptors (Lipinski definition) is 5. The summed E-state index contributed by atoms with van der Waals surface area (Å²) in [5.41, 5.74) is 0. The van der Waals surface area contributed by atoms with Crippen molar-refractivity contribution in [3.8, 4) is 0 Å². The number of nitrogens with zero attached hydrogens (tertiary/aromatic N) is 2. The van der Waals surface area contributed by atoms with Gasteiger partial charge < -0.3 is 30.6 Å². The van der Waals surface area contributed by atoms with Gasteiger partial charge in [0.25, 0.3) is 0 Å². The van der Waals surface area contributed by atoms with Crippen LogP contribution in [0.25, 0.3) is 5.32 Å². The minimum absolute atomic E-state index is 0. The van der Waals surface area contributed by atoms with Crippen LogP contribution < -0.4 is 0 Å². The van der Waals surface area contributed by atoms with Crippen LogP contribution in [-0.2, 0) is 22.4 Å². The number of rotatable bonds is 3. The largest absolute Gasteiger partial charge is 2.00 e. The van der Waals surface area contributed by atoms with Gasteiger partial charge in [0, 0.05) is 26.4 Å². The van der Waals surface area contributed by atoms with Crippen molar-refractivity contribution in [3.63, 3.8) is 0 Å². The van der Waals surface area contributed by atoms with E-state index in [1.165, 1.54) is 0 Å². The van der Waals surface area contributed by atoms with E-state index in [4.69, 9.17) is 20.4 Å². The van der Waals surface area contributed by atoms with E-state index in [2.05, 4.69) is 10.2 Å². The normalized spacial score (nSPS) is 7.20. The first-order chi connectivity index (χ1) is 8.93. The van der Waals surface area contributed by atoms with Crippen LogP contribution in [0.4, 0.5) is 0 Å². The Labute approximate surface area is 141 Å². The topological polar surface area (TPSA) is 98.3 Å². The molecule has 7 heteroatoms. The Morgan fingerprint density at radius 2 is 0.950 bits per heavy atom. The summed E-state index contributed by atoms with van der Waals surface area (Å²) in [7, 11) is 5.93. The molecule has 0 aromatic heterocycles. The van der Waals surface area contributed by atoms with E-state index >= 15 is 0 Å². The van der Waals surface area contributed by atoms with Crippen LogP contribution in [0.2, 0.25) is 0 Å². The Kier molecular flexibility index (Phi) is 112. The van der Waals surface area contributed by atoms with E-state index < -0.39 is 0 Å². The van der Waals surface area contributed by atoms with E-state index in [0.717, 1.165) is 13.1 Å². The molecule has 127 valence electrons. The summed E-state index contributed by atoms with van der Waals surface area (Å²) < 4.78 is 0. The molecular formula is C13H37N2O4Ta+. The van der Waals surface area contributed by atoms with Crippen LogP contribution in [0, 0.1) is 0 Å². The van der Waals surface area contributed by atoms with Gasteiger partial charge in [-0.05, 0) is 48.3 Å². The molecule has 0 fully saturated rings. The van der Waals surface area contributed by atoms with Crippen LogP contribution >= 0.6 is 0 Å². The van der Waals surface area contributed by atoms with Gasteiger partial charge in [-0.15, -0.1) is 6.54 Å². The fourth-order valence-electron chi connectivity index (χ4n) is 0.300. The standard InChI is InChI=1S/C5H13N2.4C2H6O.Ta/c1-6-4-5-7(2)3;4*1-2-3;/h4-5H2,1-3H3;4*3H,2H2,1H3;/q-1;;;;;+2. The molecule has 0 aromatic rings. The molecule has 6 nitrogen and oxygen atoms in total.